The summed E-state index contributed by atoms with van der Waals surface area (Å²) in [4.78, 5) is 0. The van der Waals surface area contributed by atoms with Crippen LogP contribution in [-0.4, -0.2) is 5.88 Å². The van der Waals surface area contributed by atoms with Gasteiger partial charge < -0.3 is 0 Å². The quantitative estimate of drug-likeness (QED) is 0.581. The summed E-state index contributed by atoms with van der Waals surface area (Å²) in [6, 6.07) is 0. The van der Waals surface area contributed by atoms with Gasteiger partial charge in [-0.15, -0.1) is 11.6 Å². The molecular weight excluding hydrogens is 179 g/mol. The minimum absolute atomic E-state index is 0.502. The van der Waals surface area contributed by atoms with Gasteiger partial charge in [0.2, 0.25) is 0 Å². The van der Waals surface area contributed by atoms with E-state index in [0.29, 0.717) is 17.7 Å². The molecule has 0 spiro atoms. The van der Waals surface area contributed by atoms with Gasteiger partial charge >= 0.3 is 0 Å². The van der Waals surface area contributed by atoms with E-state index < -0.39 is 0 Å². The van der Waals surface area contributed by atoms with E-state index in [0.717, 1.165) is 17.9 Å². The summed E-state index contributed by atoms with van der Waals surface area (Å²) >= 11 is 11.4. The Balaban J connectivity index is 3.66. The lowest BCUT2D eigenvalue weighted by atomic mass is 9.96. The molecule has 0 rings (SSSR count). The molecule has 0 aromatic carbocycles. The van der Waals surface area contributed by atoms with Crippen LogP contribution in [0.25, 0.3) is 0 Å². The average Bonchev–Trinajstić information content (AvgIpc) is 1.84. The summed E-state index contributed by atoms with van der Waals surface area (Å²) in [6.45, 7) is 8.04. The van der Waals surface area contributed by atoms with Crippen molar-refractivity contribution in [3.05, 3.63) is 11.6 Å². The Labute approximate surface area is 79.6 Å². The molecule has 0 radical (unpaired) electrons. The van der Waals surface area contributed by atoms with Crippen LogP contribution >= 0.6 is 23.2 Å². The molecular formula is C9H16Cl2. The van der Waals surface area contributed by atoms with E-state index in [1.807, 2.05) is 0 Å². The molecule has 0 N–H and O–H groups in total. The molecule has 0 aliphatic heterocycles. The lowest BCUT2D eigenvalue weighted by Gasteiger charge is -2.14. The molecule has 0 saturated heterocycles. The fourth-order valence-corrected chi connectivity index (χ4v) is 1.63. The van der Waals surface area contributed by atoms with Crippen molar-refractivity contribution >= 4 is 23.2 Å². The lowest BCUT2D eigenvalue weighted by Crippen LogP contribution is -2.05. The Bertz CT molecular complexity index is 119. The monoisotopic (exact) mass is 194 g/mol. The molecule has 0 amide bonds. The molecule has 66 valence electrons. The first-order chi connectivity index (χ1) is 5.06. The number of halogens is 2. The van der Waals surface area contributed by atoms with Crippen LogP contribution in [0, 0.1) is 11.8 Å². The maximum atomic E-state index is 5.76. The highest BCUT2D eigenvalue weighted by molar-refractivity contribution is 6.29. The number of alkyl halides is 1. The number of hydrogen-bond acceptors (Lipinski definition) is 0. The van der Waals surface area contributed by atoms with Gasteiger partial charge in [0.05, 0.1) is 0 Å². The van der Waals surface area contributed by atoms with Crippen molar-refractivity contribution in [2.24, 2.45) is 11.8 Å². The number of hydrogen-bond donors (Lipinski definition) is 0. The third kappa shape index (κ3) is 6.71. The van der Waals surface area contributed by atoms with Crippen LogP contribution in [0.3, 0.4) is 0 Å². The van der Waals surface area contributed by atoms with Crippen LogP contribution in [0.5, 0.6) is 0 Å². The standard InChI is InChI=1S/C9H16Cl2/c1-7(2)4-9(6-10)5-8(3)11/h7,9H,3-6H2,1-2H3. The highest BCUT2D eigenvalue weighted by Crippen LogP contribution is 2.21. The van der Waals surface area contributed by atoms with Crippen LogP contribution in [0.4, 0.5) is 0 Å². The van der Waals surface area contributed by atoms with Gasteiger partial charge in [0.25, 0.3) is 0 Å². The first-order valence-corrected chi connectivity index (χ1v) is 4.86. The molecule has 0 saturated carbocycles. The predicted molar refractivity (Wildman–Crippen MR) is 53.3 cm³/mol. The summed E-state index contributed by atoms with van der Waals surface area (Å²) in [6.07, 6.45) is 1.98. The van der Waals surface area contributed by atoms with Crippen LogP contribution in [0.2, 0.25) is 0 Å². The zero-order chi connectivity index (χ0) is 8.85. The molecule has 0 aliphatic carbocycles. The van der Waals surface area contributed by atoms with E-state index in [1.165, 1.54) is 0 Å². The van der Waals surface area contributed by atoms with Gasteiger partial charge in [-0.05, 0) is 24.7 Å². The second-order valence-electron chi connectivity index (χ2n) is 3.37. The molecule has 0 fully saturated rings. The molecule has 0 aromatic rings. The molecule has 0 bridgehead atoms. The van der Waals surface area contributed by atoms with Crippen molar-refractivity contribution in [3.63, 3.8) is 0 Å². The van der Waals surface area contributed by atoms with Crippen molar-refractivity contribution in [3.8, 4) is 0 Å². The van der Waals surface area contributed by atoms with Crippen molar-refractivity contribution < 1.29 is 0 Å². The maximum Gasteiger partial charge on any atom is 0.0255 e. The summed E-state index contributed by atoms with van der Waals surface area (Å²) in [5, 5.41) is 0.719. The summed E-state index contributed by atoms with van der Waals surface area (Å²) in [7, 11) is 0. The molecule has 11 heavy (non-hydrogen) atoms. The minimum Gasteiger partial charge on any atom is -0.126 e. The highest BCUT2D eigenvalue weighted by atomic mass is 35.5. The maximum absolute atomic E-state index is 5.76. The average molecular weight is 195 g/mol. The Morgan fingerprint density at radius 1 is 1.45 bits per heavy atom. The fourth-order valence-electron chi connectivity index (χ4n) is 1.18. The Morgan fingerprint density at radius 3 is 2.27 bits per heavy atom. The molecule has 0 nitrogen and oxygen atoms in total. The van der Waals surface area contributed by atoms with Crippen LogP contribution in [0.1, 0.15) is 26.7 Å². The van der Waals surface area contributed by atoms with E-state index in [9.17, 15) is 0 Å². The van der Waals surface area contributed by atoms with Crippen LogP contribution < -0.4 is 0 Å². The van der Waals surface area contributed by atoms with Gasteiger partial charge in [0.1, 0.15) is 0 Å². The predicted octanol–water partition coefficient (Wildman–Crippen LogP) is 4.03. The molecule has 0 aliphatic rings. The van der Waals surface area contributed by atoms with Crippen LogP contribution in [0.15, 0.2) is 11.6 Å². The number of rotatable bonds is 5. The van der Waals surface area contributed by atoms with Crippen molar-refractivity contribution in [2.75, 3.05) is 5.88 Å². The van der Waals surface area contributed by atoms with Crippen molar-refractivity contribution in [1.82, 2.24) is 0 Å². The molecule has 1 atom stereocenters. The molecule has 0 aromatic heterocycles. The topological polar surface area (TPSA) is 0 Å². The van der Waals surface area contributed by atoms with E-state index in [-0.39, 0.29) is 0 Å². The van der Waals surface area contributed by atoms with Gasteiger partial charge in [-0.1, -0.05) is 32.0 Å². The van der Waals surface area contributed by atoms with E-state index in [2.05, 4.69) is 20.4 Å². The van der Waals surface area contributed by atoms with Crippen molar-refractivity contribution in [1.29, 1.82) is 0 Å². The fraction of sp³-hybridized carbons (Fsp3) is 0.778. The third-order valence-corrected chi connectivity index (χ3v) is 2.12. The SMILES string of the molecule is C=C(Cl)CC(CCl)CC(C)C. The van der Waals surface area contributed by atoms with Gasteiger partial charge in [-0.2, -0.15) is 0 Å². The molecule has 1 unspecified atom stereocenters. The zero-order valence-corrected chi connectivity index (χ0v) is 8.75. The Kier molecular flexibility index (Phi) is 6.08. The lowest BCUT2D eigenvalue weighted by molar-refractivity contribution is 0.445. The van der Waals surface area contributed by atoms with E-state index >= 15 is 0 Å². The molecule has 2 heteroatoms. The largest absolute Gasteiger partial charge is 0.126 e. The second kappa shape index (κ2) is 5.91. The first-order valence-electron chi connectivity index (χ1n) is 3.95. The number of allylic oxidation sites excluding steroid dienone is 1. The first kappa shape index (κ1) is 11.3. The van der Waals surface area contributed by atoms with E-state index in [1.54, 1.807) is 0 Å². The highest BCUT2D eigenvalue weighted by Gasteiger charge is 2.09. The van der Waals surface area contributed by atoms with Gasteiger partial charge in [-0.3, -0.25) is 0 Å². The Morgan fingerprint density at radius 2 is 2.00 bits per heavy atom. The Hall–Kier alpha value is 0.320. The van der Waals surface area contributed by atoms with Gasteiger partial charge in [0, 0.05) is 10.9 Å². The zero-order valence-electron chi connectivity index (χ0n) is 7.24. The second-order valence-corrected chi connectivity index (χ2v) is 4.21. The van der Waals surface area contributed by atoms with Crippen molar-refractivity contribution in [2.45, 2.75) is 26.7 Å². The van der Waals surface area contributed by atoms with E-state index in [4.69, 9.17) is 23.2 Å². The van der Waals surface area contributed by atoms with Crippen LogP contribution in [-0.2, 0) is 0 Å². The minimum atomic E-state index is 0.502. The smallest absolute Gasteiger partial charge is 0.0255 e. The van der Waals surface area contributed by atoms with Gasteiger partial charge in [-0.25, -0.2) is 0 Å². The third-order valence-electron chi connectivity index (χ3n) is 1.53. The summed E-state index contributed by atoms with van der Waals surface area (Å²) in [5.74, 6) is 1.88. The normalized spacial score (nSPS) is 13.5. The van der Waals surface area contributed by atoms with Gasteiger partial charge in [0.15, 0.2) is 0 Å². The summed E-state index contributed by atoms with van der Waals surface area (Å²) < 4.78 is 0. The molecule has 0 heterocycles. The summed E-state index contributed by atoms with van der Waals surface area (Å²) in [5.41, 5.74) is 0.